The number of carbonyl (C=O) groups excluding carboxylic acids is 1. The van der Waals surface area contributed by atoms with Gasteiger partial charge < -0.3 is 16.4 Å². The number of fused-ring (bicyclic) bond motifs is 1. The number of aromatic nitrogens is 5. The molecule has 30 heavy (non-hydrogen) atoms. The van der Waals surface area contributed by atoms with Crippen LogP contribution in [0.4, 0.5) is 5.95 Å². The van der Waals surface area contributed by atoms with Crippen molar-refractivity contribution in [2.24, 2.45) is 11.7 Å². The summed E-state index contributed by atoms with van der Waals surface area (Å²) in [7, 11) is 0. The third-order valence-corrected chi connectivity index (χ3v) is 5.36. The zero-order valence-corrected chi connectivity index (χ0v) is 17.4. The van der Waals surface area contributed by atoms with Crippen LogP contribution in [0.1, 0.15) is 39.5 Å². The minimum Gasteiger partial charge on any atom is -0.354 e. The maximum Gasteiger partial charge on any atom is 0.224 e. The predicted molar refractivity (Wildman–Crippen MR) is 115 cm³/mol. The fourth-order valence-electron chi connectivity index (χ4n) is 3.72. The van der Waals surface area contributed by atoms with Crippen LogP contribution in [0.2, 0.25) is 0 Å². The van der Waals surface area contributed by atoms with Crippen molar-refractivity contribution in [1.29, 1.82) is 0 Å². The third-order valence-electron chi connectivity index (χ3n) is 5.36. The van der Waals surface area contributed by atoms with E-state index in [-0.39, 0.29) is 17.9 Å². The molecule has 1 amide bonds. The Morgan fingerprint density at radius 1 is 1.20 bits per heavy atom. The number of benzene rings is 1. The van der Waals surface area contributed by atoms with Crippen molar-refractivity contribution in [2.45, 2.75) is 51.1 Å². The Labute approximate surface area is 175 Å². The smallest absolute Gasteiger partial charge is 0.224 e. The van der Waals surface area contributed by atoms with Crippen LogP contribution in [0.3, 0.4) is 0 Å². The molecule has 0 saturated heterocycles. The lowest BCUT2D eigenvalue weighted by atomic mass is 9.85. The van der Waals surface area contributed by atoms with E-state index < -0.39 is 5.54 Å². The molecular weight excluding hydrogens is 380 g/mol. The second-order valence-electron chi connectivity index (χ2n) is 8.63. The molecule has 2 aromatic heterocycles. The van der Waals surface area contributed by atoms with Crippen molar-refractivity contribution >= 4 is 22.9 Å². The maximum atomic E-state index is 12.4. The molecule has 2 heterocycles. The zero-order chi connectivity index (χ0) is 21.1. The second kappa shape index (κ2) is 8.35. The Balaban J connectivity index is 1.36. The molecule has 0 bridgehead atoms. The zero-order valence-electron chi connectivity index (χ0n) is 17.4. The van der Waals surface area contributed by atoms with Crippen LogP contribution in [-0.4, -0.2) is 49.0 Å². The van der Waals surface area contributed by atoms with Crippen LogP contribution in [-0.2, 0) is 4.79 Å². The van der Waals surface area contributed by atoms with Gasteiger partial charge in [-0.15, -0.1) is 5.10 Å². The molecule has 0 atom stereocenters. The number of anilines is 1. The molecule has 3 aromatic rings. The van der Waals surface area contributed by atoms with E-state index in [9.17, 15) is 4.79 Å². The first kappa shape index (κ1) is 20.2. The summed E-state index contributed by atoms with van der Waals surface area (Å²) in [6.07, 6.45) is 5.17. The van der Waals surface area contributed by atoms with Crippen LogP contribution in [0.15, 0.2) is 36.5 Å². The van der Waals surface area contributed by atoms with E-state index in [0.29, 0.717) is 18.3 Å². The Morgan fingerprint density at radius 2 is 1.97 bits per heavy atom. The number of rotatable bonds is 6. The molecular formula is C21H28N8O. The van der Waals surface area contributed by atoms with Crippen molar-refractivity contribution in [3.05, 3.63) is 36.5 Å². The Kier molecular flexibility index (Phi) is 5.63. The molecule has 0 unspecified atom stereocenters. The molecule has 4 N–H and O–H groups in total. The van der Waals surface area contributed by atoms with Gasteiger partial charge in [0.2, 0.25) is 11.9 Å². The van der Waals surface area contributed by atoms with Gasteiger partial charge >= 0.3 is 0 Å². The quantitative estimate of drug-likeness (QED) is 0.570. The van der Waals surface area contributed by atoms with E-state index in [0.717, 1.165) is 36.7 Å². The lowest BCUT2D eigenvalue weighted by Crippen LogP contribution is -2.47. The second-order valence-corrected chi connectivity index (χ2v) is 8.63. The summed E-state index contributed by atoms with van der Waals surface area (Å²) in [5, 5.41) is 14.8. The molecule has 158 valence electrons. The third kappa shape index (κ3) is 4.73. The molecule has 1 aliphatic carbocycles. The SMILES string of the molecule is CC(C)(N)CNC(=O)[C@H]1CC[C@H](Nc2nccc(-n3nnc4ccccc43)n2)CC1. The summed E-state index contributed by atoms with van der Waals surface area (Å²) in [6.45, 7) is 4.30. The van der Waals surface area contributed by atoms with Gasteiger partial charge in [-0.3, -0.25) is 4.79 Å². The van der Waals surface area contributed by atoms with E-state index in [1.165, 1.54) is 0 Å². The minimum atomic E-state index is -0.397. The van der Waals surface area contributed by atoms with Gasteiger partial charge in [-0.2, -0.15) is 9.67 Å². The van der Waals surface area contributed by atoms with Gasteiger partial charge in [-0.1, -0.05) is 17.3 Å². The van der Waals surface area contributed by atoms with Crippen LogP contribution >= 0.6 is 0 Å². The van der Waals surface area contributed by atoms with Gasteiger partial charge in [0, 0.05) is 36.3 Å². The van der Waals surface area contributed by atoms with E-state index in [1.807, 2.05) is 44.2 Å². The number of amides is 1. The summed E-state index contributed by atoms with van der Waals surface area (Å²) < 4.78 is 1.71. The molecule has 0 radical (unpaired) electrons. The molecule has 9 heteroatoms. The van der Waals surface area contributed by atoms with Gasteiger partial charge in [0.25, 0.3) is 0 Å². The lowest BCUT2D eigenvalue weighted by molar-refractivity contribution is -0.126. The van der Waals surface area contributed by atoms with Crippen molar-refractivity contribution < 1.29 is 4.79 Å². The van der Waals surface area contributed by atoms with Crippen molar-refractivity contribution in [3.8, 4) is 5.82 Å². The summed E-state index contributed by atoms with van der Waals surface area (Å²) >= 11 is 0. The standard InChI is InChI=1S/C21H28N8O/c1-21(2,22)13-24-19(30)14-7-9-15(10-8-14)25-20-23-12-11-18(26-20)29-17-6-4-3-5-16(17)27-28-29/h3-6,11-12,14-15H,7-10,13,22H2,1-2H3,(H,24,30)(H,23,25,26)/t14-,15-. The first-order valence-electron chi connectivity index (χ1n) is 10.4. The first-order chi connectivity index (χ1) is 14.4. The molecule has 1 aliphatic rings. The van der Waals surface area contributed by atoms with Gasteiger partial charge in [-0.25, -0.2) is 4.98 Å². The summed E-state index contributed by atoms with van der Waals surface area (Å²) in [4.78, 5) is 21.3. The highest BCUT2D eigenvalue weighted by Crippen LogP contribution is 2.26. The first-order valence-corrected chi connectivity index (χ1v) is 10.4. The van der Waals surface area contributed by atoms with Gasteiger partial charge in [0.15, 0.2) is 5.82 Å². The van der Waals surface area contributed by atoms with Gasteiger partial charge in [0.05, 0.1) is 5.52 Å². The molecule has 1 saturated carbocycles. The molecule has 0 aliphatic heterocycles. The number of nitrogens with one attached hydrogen (secondary N) is 2. The van der Waals surface area contributed by atoms with Crippen LogP contribution in [0.5, 0.6) is 0 Å². The average molecular weight is 409 g/mol. The number of carbonyl (C=O) groups is 1. The number of para-hydroxylation sites is 1. The van der Waals surface area contributed by atoms with Crippen LogP contribution in [0, 0.1) is 5.92 Å². The Hall–Kier alpha value is -3.07. The lowest BCUT2D eigenvalue weighted by Gasteiger charge is -2.29. The van der Waals surface area contributed by atoms with Crippen molar-refractivity contribution in [3.63, 3.8) is 0 Å². The number of nitrogens with zero attached hydrogens (tertiary/aromatic N) is 5. The molecule has 4 rings (SSSR count). The molecule has 1 aromatic carbocycles. The Bertz CT molecular complexity index is 1020. The van der Waals surface area contributed by atoms with Crippen LogP contribution < -0.4 is 16.4 Å². The number of nitrogens with two attached hydrogens (primary N) is 1. The van der Waals surface area contributed by atoms with Crippen molar-refractivity contribution in [1.82, 2.24) is 30.3 Å². The summed E-state index contributed by atoms with van der Waals surface area (Å²) in [5.41, 5.74) is 7.27. The fraction of sp³-hybridized carbons (Fsp3) is 0.476. The van der Waals surface area contributed by atoms with E-state index in [1.54, 1.807) is 10.9 Å². The highest BCUT2D eigenvalue weighted by atomic mass is 16.1. The average Bonchev–Trinajstić information content (AvgIpc) is 3.16. The Morgan fingerprint density at radius 3 is 2.73 bits per heavy atom. The maximum absolute atomic E-state index is 12.4. The van der Waals surface area contributed by atoms with Gasteiger partial charge in [0.1, 0.15) is 5.52 Å². The van der Waals surface area contributed by atoms with Gasteiger partial charge in [-0.05, 0) is 51.7 Å². The van der Waals surface area contributed by atoms with E-state index >= 15 is 0 Å². The number of hydrogen-bond acceptors (Lipinski definition) is 7. The monoisotopic (exact) mass is 408 g/mol. The predicted octanol–water partition coefficient (Wildman–Crippen LogP) is 2.03. The van der Waals surface area contributed by atoms with E-state index in [4.69, 9.17) is 5.73 Å². The fourth-order valence-corrected chi connectivity index (χ4v) is 3.72. The highest BCUT2D eigenvalue weighted by Gasteiger charge is 2.27. The van der Waals surface area contributed by atoms with E-state index in [2.05, 4.69) is 30.9 Å². The van der Waals surface area contributed by atoms with Crippen molar-refractivity contribution in [2.75, 3.05) is 11.9 Å². The summed E-state index contributed by atoms with van der Waals surface area (Å²) in [6, 6.07) is 9.81. The topological polar surface area (TPSA) is 124 Å². The number of hydrogen-bond donors (Lipinski definition) is 3. The normalized spacial score (nSPS) is 19.6. The molecule has 1 fully saturated rings. The minimum absolute atomic E-state index is 0.0409. The molecule has 0 spiro atoms. The largest absolute Gasteiger partial charge is 0.354 e. The van der Waals surface area contributed by atoms with Crippen LogP contribution in [0.25, 0.3) is 16.9 Å². The summed E-state index contributed by atoms with van der Waals surface area (Å²) in [5.74, 6) is 1.37. The molecule has 9 nitrogen and oxygen atoms in total. The highest BCUT2D eigenvalue weighted by molar-refractivity contribution is 5.78.